The van der Waals surface area contributed by atoms with Gasteiger partial charge in [0, 0.05) is 16.8 Å². The molecule has 100 valence electrons. The summed E-state index contributed by atoms with van der Waals surface area (Å²) in [6.45, 7) is 1.76. The molecule has 0 saturated carbocycles. The lowest BCUT2D eigenvalue weighted by Crippen LogP contribution is -2.12. The fraction of sp³-hybridized carbons (Fsp3) is 0.0909. The van der Waals surface area contributed by atoms with Crippen LogP contribution < -0.4 is 4.72 Å². The zero-order valence-corrected chi connectivity index (χ0v) is 11.5. The molecule has 2 N–H and O–H groups in total. The smallest absolute Gasteiger partial charge is 0.335 e. The third-order valence-corrected chi connectivity index (χ3v) is 4.90. The van der Waals surface area contributed by atoms with Crippen LogP contribution in [-0.2, 0) is 10.0 Å². The van der Waals surface area contributed by atoms with Gasteiger partial charge in [-0.15, -0.1) is 11.3 Å². The molecule has 0 spiro atoms. The molecule has 0 fully saturated rings. The molecule has 19 heavy (non-hydrogen) atoms. The molecule has 1 aromatic carbocycles. The maximum atomic E-state index is 12.0. The number of anilines is 1. The van der Waals surface area contributed by atoms with Crippen LogP contribution in [0.25, 0.3) is 0 Å². The number of hydrogen-bond acceptors (Lipinski definition) is 5. The number of benzene rings is 1. The molecular formula is C11H10N2O4S2. The van der Waals surface area contributed by atoms with Crippen LogP contribution in [0.4, 0.5) is 5.69 Å². The van der Waals surface area contributed by atoms with E-state index >= 15 is 0 Å². The first-order chi connectivity index (χ1) is 8.88. The summed E-state index contributed by atoms with van der Waals surface area (Å²) in [5.41, 5.74) is 0.380. The Morgan fingerprint density at radius 1 is 1.32 bits per heavy atom. The van der Waals surface area contributed by atoms with Crippen molar-refractivity contribution in [1.29, 1.82) is 0 Å². The van der Waals surface area contributed by atoms with Gasteiger partial charge in [-0.25, -0.2) is 9.78 Å². The third kappa shape index (κ3) is 3.09. The predicted molar refractivity (Wildman–Crippen MR) is 71.1 cm³/mol. The van der Waals surface area contributed by atoms with Crippen molar-refractivity contribution in [2.45, 2.75) is 11.3 Å². The second-order valence-electron chi connectivity index (χ2n) is 3.72. The van der Waals surface area contributed by atoms with Crippen molar-refractivity contribution < 1.29 is 18.3 Å². The highest BCUT2D eigenvalue weighted by Gasteiger charge is 2.18. The molecule has 1 heterocycles. The number of aromatic nitrogens is 1. The second-order valence-corrected chi connectivity index (χ2v) is 6.82. The lowest BCUT2D eigenvalue weighted by atomic mass is 10.2. The number of aromatic carboxylic acids is 1. The summed E-state index contributed by atoms with van der Waals surface area (Å²) in [5, 5.41) is 8.74. The van der Waals surface area contributed by atoms with Crippen LogP contribution in [0.3, 0.4) is 0 Å². The normalized spacial score (nSPS) is 11.2. The Kier molecular flexibility index (Phi) is 3.54. The highest BCUT2D eigenvalue weighted by atomic mass is 32.2. The maximum absolute atomic E-state index is 12.0. The number of carboxylic acid groups (broad SMARTS) is 1. The number of sulfonamides is 1. The molecular weight excluding hydrogens is 288 g/mol. The summed E-state index contributed by atoms with van der Waals surface area (Å²) >= 11 is 1.07. The maximum Gasteiger partial charge on any atom is 0.335 e. The first kappa shape index (κ1) is 13.5. The standard InChI is InChI=1S/C11H10N2O4S2/c1-7-6-12-11(18-7)19(16,17)13-9-4-2-8(3-5-9)10(14)15/h2-6,13H,1H3,(H,14,15). The SMILES string of the molecule is Cc1cnc(S(=O)(=O)Nc2ccc(C(=O)O)cc2)s1. The van der Waals surface area contributed by atoms with Gasteiger partial charge in [0.2, 0.25) is 4.34 Å². The minimum Gasteiger partial charge on any atom is -0.478 e. The largest absolute Gasteiger partial charge is 0.478 e. The van der Waals surface area contributed by atoms with Gasteiger partial charge in [-0.3, -0.25) is 4.72 Å². The molecule has 1 aromatic heterocycles. The molecule has 2 aromatic rings. The number of carbonyl (C=O) groups is 1. The number of carboxylic acids is 1. The van der Waals surface area contributed by atoms with Crippen LogP contribution in [-0.4, -0.2) is 24.5 Å². The summed E-state index contributed by atoms with van der Waals surface area (Å²) in [4.78, 5) is 15.3. The number of nitrogens with one attached hydrogen (secondary N) is 1. The summed E-state index contributed by atoms with van der Waals surface area (Å²) in [5.74, 6) is -1.06. The van der Waals surface area contributed by atoms with E-state index in [0.29, 0.717) is 0 Å². The Morgan fingerprint density at radius 3 is 2.42 bits per heavy atom. The van der Waals surface area contributed by atoms with Crippen molar-refractivity contribution in [2.75, 3.05) is 4.72 Å². The number of thiazole rings is 1. The van der Waals surface area contributed by atoms with Gasteiger partial charge in [0.1, 0.15) is 0 Å². The Labute approximate surface area is 113 Å². The summed E-state index contributed by atoms with van der Waals surface area (Å²) in [6, 6.07) is 5.43. The minimum atomic E-state index is -3.72. The topological polar surface area (TPSA) is 96.4 Å². The van der Waals surface area contributed by atoms with E-state index in [2.05, 4.69) is 9.71 Å². The van der Waals surface area contributed by atoms with E-state index in [0.717, 1.165) is 16.2 Å². The molecule has 0 aliphatic carbocycles. The number of nitrogens with zero attached hydrogens (tertiary/aromatic N) is 1. The fourth-order valence-corrected chi connectivity index (χ4v) is 3.51. The van der Waals surface area contributed by atoms with E-state index in [4.69, 9.17) is 5.11 Å². The Balaban J connectivity index is 2.23. The molecule has 8 heteroatoms. The Hall–Kier alpha value is -1.93. The van der Waals surface area contributed by atoms with Crippen molar-refractivity contribution in [3.63, 3.8) is 0 Å². The molecule has 0 amide bonds. The number of hydrogen-bond donors (Lipinski definition) is 2. The third-order valence-electron chi connectivity index (χ3n) is 2.21. The Morgan fingerprint density at radius 2 is 1.95 bits per heavy atom. The van der Waals surface area contributed by atoms with E-state index in [1.165, 1.54) is 30.5 Å². The van der Waals surface area contributed by atoms with E-state index in [-0.39, 0.29) is 15.6 Å². The second kappa shape index (κ2) is 4.98. The molecule has 0 atom stereocenters. The fourth-order valence-electron chi connectivity index (χ4n) is 1.34. The molecule has 0 radical (unpaired) electrons. The van der Waals surface area contributed by atoms with Gasteiger partial charge in [0.25, 0.3) is 10.0 Å². The van der Waals surface area contributed by atoms with Gasteiger partial charge in [-0.1, -0.05) is 0 Å². The first-order valence-electron chi connectivity index (χ1n) is 5.17. The van der Waals surface area contributed by atoms with Gasteiger partial charge >= 0.3 is 5.97 Å². The number of aryl methyl sites for hydroxylation is 1. The summed E-state index contributed by atoms with van der Waals surface area (Å²) < 4.78 is 26.2. The molecule has 2 rings (SSSR count). The number of rotatable bonds is 4. The van der Waals surface area contributed by atoms with Gasteiger partial charge in [-0.2, -0.15) is 8.42 Å². The average molecular weight is 298 g/mol. The van der Waals surface area contributed by atoms with Crippen molar-refractivity contribution in [3.8, 4) is 0 Å². The average Bonchev–Trinajstić information content (AvgIpc) is 2.77. The highest BCUT2D eigenvalue weighted by Crippen LogP contribution is 2.20. The quantitative estimate of drug-likeness (QED) is 0.899. The van der Waals surface area contributed by atoms with Crippen molar-refractivity contribution in [1.82, 2.24) is 4.98 Å². The van der Waals surface area contributed by atoms with E-state index in [1.54, 1.807) is 6.92 Å². The van der Waals surface area contributed by atoms with Crippen molar-refractivity contribution in [2.24, 2.45) is 0 Å². The van der Waals surface area contributed by atoms with Gasteiger partial charge < -0.3 is 5.11 Å². The van der Waals surface area contributed by atoms with Crippen LogP contribution in [0, 0.1) is 6.92 Å². The van der Waals surface area contributed by atoms with Gasteiger partial charge in [0.05, 0.1) is 5.56 Å². The zero-order chi connectivity index (χ0) is 14.0. The minimum absolute atomic E-state index is 0.0210. The first-order valence-corrected chi connectivity index (χ1v) is 7.47. The van der Waals surface area contributed by atoms with Crippen molar-refractivity contribution in [3.05, 3.63) is 40.9 Å². The van der Waals surface area contributed by atoms with Crippen LogP contribution in [0.5, 0.6) is 0 Å². The molecule has 0 aliphatic rings. The summed E-state index contributed by atoms with van der Waals surface area (Å²) in [6.07, 6.45) is 1.48. The van der Waals surface area contributed by atoms with Crippen LogP contribution >= 0.6 is 11.3 Å². The Bertz CT molecular complexity index is 705. The highest BCUT2D eigenvalue weighted by molar-refractivity contribution is 7.94. The van der Waals surface area contributed by atoms with Crippen LogP contribution in [0.1, 0.15) is 15.2 Å². The zero-order valence-electron chi connectivity index (χ0n) is 9.82. The van der Waals surface area contributed by atoms with Crippen LogP contribution in [0.2, 0.25) is 0 Å². The lowest BCUT2D eigenvalue weighted by Gasteiger charge is -2.05. The van der Waals surface area contributed by atoms with Gasteiger partial charge in [-0.05, 0) is 31.2 Å². The molecule has 0 bridgehead atoms. The van der Waals surface area contributed by atoms with Crippen molar-refractivity contribution >= 4 is 33.0 Å². The predicted octanol–water partition coefficient (Wildman–Crippen LogP) is 1.95. The van der Waals surface area contributed by atoms with E-state index < -0.39 is 16.0 Å². The molecule has 0 aliphatic heterocycles. The van der Waals surface area contributed by atoms with Crippen LogP contribution in [0.15, 0.2) is 34.8 Å². The molecule has 0 saturated heterocycles. The lowest BCUT2D eigenvalue weighted by molar-refractivity contribution is 0.0697. The molecule has 0 unspecified atom stereocenters. The van der Waals surface area contributed by atoms with Gasteiger partial charge in [0.15, 0.2) is 0 Å². The van der Waals surface area contributed by atoms with E-state index in [1.807, 2.05) is 0 Å². The van der Waals surface area contributed by atoms with E-state index in [9.17, 15) is 13.2 Å². The molecule has 6 nitrogen and oxygen atoms in total. The summed E-state index contributed by atoms with van der Waals surface area (Å²) in [7, 11) is -3.72. The monoisotopic (exact) mass is 298 g/mol.